The van der Waals surface area contributed by atoms with Crippen molar-refractivity contribution in [3.8, 4) is 0 Å². The van der Waals surface area contributed by atoms with E-state index in [1.807, 2.05) is 30.3 Å². The van der Waals surface area contributed by atoms with Crippen LogP contribution in [0.1, 0.15) is 11.6 Å². The largest absolute Gasteiger partial charge is 0.376 e. The number of hydrogen-bond donors (Lipinski definition) is 2. The Morgan fingerprint density at radius 3 is 2.67 bits per heavy atom. The molecule has 4 nitrogen and oxygen atoms in total. The lowest BCUT2D eigenvalue weighted by Gasteiger charge is -2.30. The maximum absolute atomic E-state index is 5.62. The Balaban J connectivity index is 2.09. The summed E-state index contributed by atoms with van der Waals surface area (Å²) in [6, 6.07) is 10.0. The van der Waals surface area contributed by atoms with Gasteiger partial charge in [-0.3, -0.25) is 11.3 Å². The zero-order chi connectivity index (χ0) is 10.5. The van der Waals surface area contributed by atoms with Gasteiger partial charge in [-0.15, -0.1) is 0 Å². The molecule has 1 aliphatic rings. The van der Waals surface area contributed by atoms with E-state index in [0.29, 0.717) is 19.8 Å². The van der Waals surface area contributed by atoms with E-state index in [-0.39, 0.29) is 12.1 Å². The first kappa shape index (κ1) is 10.6. The van der Waals surface area contributed by atoms with E-state index in [9.17, 15) is 0 Å². The highest BCUT2D eigenvalue weighted by Crippen LogP contribution is 2.20. The van der Waals surface area contributed by atoms with Gasteiger partial charge in [-0.25, -0.2) is 0 Å². The lowest BCUT2D eigenvalue weighted by Crippen LogP contribution is -2.43. The van der Waals surface area contributed by atoms with Crippen molar-refractivity contribution in [3.05, 3.63) is 35.9 Å². The molecule has 1 fully saturated rings. The second kappa shape index (κ2) is 5.23. The van der Waals surface area contributed by atoms with Crippen LogP contribution in [0.5, 0.6) is 0 Å². The maximum atomic E-state index is 5.62. The van der Waals surface area contributed by atoms with Crippen LogP contribution in [0.15, 0.2) is 30.3 Å². The molecule has 2 unspecified atom stereocenters. The van der Waals surface area contributed by atoms with E-state index in [1.54, 1.807) is 0 Å². The van der Waals surface area contributed by atoms with E-state index >= 15 is 0 Å². The Morgan fingerprint density at radius 2 is 2.07 bits per heavy atom. The third kappa shape index (κ3) is 2.54. The summed E-state index contributed by atoms with van der Waals surface area (Å²) in [6.45, 7) is 1.89. The Hall–Kier alpha value is -0.940. The molecule has 0 aliphatic carbocycles. The average Bonchev–Trinajstić information content (AvgIpc) is 2.33. The molecule has 0 saturated carbocycles. The van der Waals surface area contributed by atoms with Crippen LogP contribution in [-0.2, 0) is 9.47 Å². The number of rotatable bonds is 3. The summed E-state index contributed by atoms with van der Waals surface area (Å²) in [5, 5.41) is 0. The number of ether oxygens (including phenoxy) is 2. The van der Waals surface area contributed by atoms with Gasteiger partial charge in [0.25, 0.3) is 0 Å². The SMILES string of the molecule is NNC(c1ccccc1)C1COCCO1. The lowest BCUT2D eigenvalue weighted by molar-refractivity contribution is -0.102. The zero-order valence-corrected chi connectivity index (χ0v) is 8.56. The van der Waals surface area contributed by atoms with Gasteiger partial charge >= 0.3 is 0 Å². The van der Waals surface area contributed by atoms with Gasteiger partial charge in [-0.05, 0) is 5.56 Å². The predicted octanol–water partition coefficient (Wildman–Crippen LogP) is 0.606. The summed E-state index contributed by atoms with van der Waals surface area (Å²) >= 11 is 0. The second-order valence-corrected chi connectivity index (χ2v) is 3.54. The predicted molar refractivity (Wildman–Crippen MR) is 57.1 cm³/mol. The number of nitrogens with two attached hydrogens (primary N) is 1. The van der Waals surface area contributed by atoms with Gasteiger partial charge in [-0.1, -0.05) is 30.3 Å². The first-order chi connectivity index (χ1) is 7.42. The van der Waals surface area contributed by atoms with Crippen LogP contribution in [0.4, 0.5) is 0 Å². The molecule has 82 valence electrons. The van der Waals surface area contributed by atoms with Crippen molar-refractivity contribution in [2.75, 3.05) is 19.8 Å². The summed E-state index contributed by atoms with van der Waals surface area (Å²) < 4.78 is 11.0. The minimum Gasteiger partial charge on any atom is -0.376 e. The quantitative estimate of drug-likeness (QED) is 0.564. The molecule has 0 radical (unpaired) electrons. The molecule has 1 aromatic rings. The topological polar surface area (TPSA) is 56.5 Å². The van der Waals surface area contributed by atoms with E-state index in [4.69, 9.17) is 15.3 Å². The average molecular weight is 208 g/mol. The van der Waals surface area contributed by atoms with Crippen LogP contribution in [0.2, 0.25) is 0 Å². The van der Waals surface area contributed by atoms with Crippen LogP contribution in [-0.4, -0.2) is 25.9 Å². The Morgan fingerprint density at radius 1 is 1.27 bits per heavy atom. The number of benzene rings is 1. The zero-order valence-electron chi connectivity index (χ0n) is 8.56. The van der Waals surface area contributed by atoms with Crippen molar-refractivity contribution in [3.63, 3.8) is 0 Å². The lowest BCUT2D eigenvalue weighted by atomic mass is 10.0. The van der Waals surface area contributed by atoms with Crippen molar-refractivity contribution in [1.29, 1.82) is 0 Å². The molecule has 1 heterocycles. The highest BCUT2D eigenvalue weighted by molar-refractivity contribution is 5.20. The van der Waals surface area contributed by atoms with Gasteiger partial charge in [0.1, 0.15) is 6.10 Å². The van der Waals surface area contributed by atoms with Crippen molar-refractivity contribution < 1.29 is 9.47 Å². The van der Waals surface area contributed by atoms with Gasteiger partial charge in [0, 0.05) is 0 Å². The summed E-state index contributed by atoms with van der Waals surface area (Å²) in [4.78, 5) is 0. The smallest absolute Gasteiger partial charge is 0.102 e. The second-order valence-electron chi connectivity index (χ2n) is 3.54. The van der Waals surface area contributed by atoms with E-state index < -0.39 is 0 Å². The fourth-order valence-electron chi connectivity index (χ4n) is 1.78. The Kier molecular flexibility index (Phi) is 3.69. The molecule has 4 heteroatoms. The van der Waals surface area contributed by atoms with E-state index in [0.717, 1.165) is 5.56 Å². The molecule has 1 saturated heterocycles. The molecule has 0 aromatic heterocycles. The third-order valence-corrected chi connectivity index (χ3v) is 2.55. The van der Waals surface area contributed by atoms with Crippen molar-refractivity contribution in [1.82, 2.24) is 5.43 Å². The molecule has 0 bridgehead atoms. The summed E-state index contributed by atoms with van der Waals surface area (Å²) in [5.41, 5.74) is 3.90. The fraction of sp³-hybridized carbons (Fsp3) is 0.455. The minimum atomic E-state index is -0.00819. The van der Waals surface area contributed by atoms with Gasteiger partial charge in [0.2, 0.25) is 0 Å². The van der Waals surface area contributed by atoms with Crippen molar-refractivity contribution in [2.45, 2.75) is 12.1 Å². The van der Waals surface area contributed by atoms with Gasteiger partial charge in [0.15, 0.2) is 0 Å². The van der Waals surface area contributed by atoms with Crippen LogP contribution >= 0.6 is 0 Å². The van der Waals surface area contributed by atoms with Crippen LogP contribution in [0.3, 0.4) is 0 Å². The maximum Gasteiger partial charge on any atom is 0.102 e. The summed E-state index contributed by atoms with van der Waals surface area (Å²) in [6.07, 6.45) is -0.00819. The summed E-state index contributed by atoms with van der Waals surface area (Å²) in [7, 11) is 0. The third-order valence-electron chi connectivity index (χ3n) is 2.55. The Bertz CT molecular complexity index is 286. The van der Waals surface area contributed by atoms with Gasteiger partial charge in [0.05, 0.1) is 25.9 Å². The first-order valence-electron chi connectivity index (χ1n) is 5.12. The molecular formula is C11H16N2O2. The molecule has 0 spiro atoms. The number of hydrogen-bond acceptors (Lipinski definition) is 4. The minimum absolute atomic E-state index is 0.00787. The molecule has 15 heavy (non-hydrogen) atoms. The van der Waals surface area contributed by atoms with Crippen LogP contribution in [0.25, 0.3) is 0 Å². The van der Waals surface area contributed by atoms with Gasteiger partial charge in [-0.2, -0.15) is 0 Å². The first-order valence-corrected chi connectivity index (χ1v) is 5.12. The molecule has 1 aromatic carbocycles. The molecule has 2 rings (SSSR count). The standard InChI is InChI=1S/C11H16N2O2/c12-13-11(9-4-2-1-3-5-9)10-8-14-6-7-15-10/h1-5,10-11,13H,6-8,12H2. The van der Waals surface area contributed by atoms with Crippen molar-refractivity contribution in [2.24, 2.45) is 5.84 Å². The normalized spacial score (nSPS) is 23.7. The van der Waals surface area contributed by atoms with Crippen LogP contribution < -0.4 is 11.3 Å². The molecule has 1 aliphatic heterocycles. The Labute approximate surface area is 89.3 Å². The summed E-state index contributed by atoms with van der Waals surface area (Å²) in [5.74, 6) is 5.55. The van der Waals surface area contributed by atoms with Crippen molar-refractivity contribution >= 4 is 0 Å². The van der Waals surface area contributed by atoms with Crippen LogP contribution in [0, 0.1) is 0 Å². The molecule has 3 N–H and O–H groups in total. The fourth-order valence-corrected chi connectivity index (χ4v) is 1.78. The number of nitrogens with one attached hydrogen (secondary N) is 1. The highest BCUT2D eigenvalue weighted by atomic mass is 16.6. The number of hydrazine groups is 1. The molecule has 2 atom stereocenters. The van der Waals surface area contributed by atoms with E-state index in [2.05, 4.69) is 5.43 Å². The van der Waals surface area contributed by atoms with Gasteiger partial charge < -0.3 is 9.47 Å². The molecule has 0 amide bonds. The van der Waals surface area contributed by atoms with E-state index in [1.165, 1.54) is 0 Å². The molecular weight excluding hydrogens is 192 g/mol. The highest BCUT2D eigenvalue weighted by Gasteiger charge is 2.25. The monoisotopic (exact) mass is 208 g/mol.